The summed E-state index contributed by atoms with van der Waals surface area (Å²) in [6.07, 6.45) is 2.16. The van der Waals surface area contributed by atoms with Gasteiger partial charge in [0.05, 0.1) is 12.8 Å². The molecule has 0 radical (unpaired) electrons. The van der Waals surface area contributed by atoms with E-state index in [-0.39, 0.29) is 24.0 Å². The van der Waals surface area contributed by atoms with Crippen LogP contribution in [0.25, 0.3) is 0 Å². The molecule has 0 bridgehead atoms. The molecule has 1 aromatic rings. The van der Waals surface area contributed by atoms with Crippen molar-refractivity contribution in [1.82, 2.24) is 14.9 Å². The molecule has 0 amide bonds. The molecule has 8 heteroatoms. The van der Waals surface area contributed by atoms with Crippen LogP contribution in [0, 0.1) is 5.92 Å². The standard InChI is InChI=1S/C16H26N4O2S.HI/c1-3-17-16(18-11-14-7-5-4-6-8-14)19-12-15-9-10-20(13-15)23(2,21)22;/h4-8,15H,3,9-13H2,1-2H3,(H2,17,18,19);1H. The Balaban J connectivity index is 0.00000288. The minimum atomic E-state index is -3.07. The molecule has 0 aromatic heterocycles. The third-order valence-electron chi connectivity index (χ3n) is 3.88. The third-order valence-corrected chi connectivity index (χ3v) is 5.15. The van der Waals surface area contributed by atoms with Crippen molar-refractivity contribution >= 4 is 40.0 Å². The first kappa shape index (κ1) is 21.2. The first-order valence-electron chi connectivity index (χ1n) is 8.00. The fourth-order valence-corrected chi connectivity index (χ4v) is 3.52. The Morgan fingerprint density at radius 1 is 1.29 bits per heavy atom. The van der Waals surface area contributed by atoms with Crippen LogP contribution < -0.4 is 10.6 Å². The summed E-state index contributed by atoms with van der Waals surface area (Å²) in [7, 11) is -3.07. The SMILES string of the molecule is CCNC(=NCc1ccccc1)NCC1CCN(S(C)(=O)=O)C1.I. The molecule has 1 fully saturated rings. The van der Waals surface area contributed by atoms with Gasteiger partial charge in [0, 0.05) is 26.2 Å². The monoisotopic (exact) mass is 466 g/mol. The highest BCUT2D eigenvalue weighted by atomic mass is 127. The van der Waals surface area contributed by atoms with Crippen LogP contribution in [0.4, 0.5) is 0 Å². The molecule has 0 spiro atoms. The molecule has 24 heavy (non-hydrogen) atoms. The smallest absolute Gasteiger partial charge is 0.211 e. The summed E-state index contributed by atoms with van der Waals surface area (Å²) in [5.74, 6) is 1.10. The summed E-state index contributed by atoms with van der Waals surface area (Å²) < 4.78 is 24.6. The van der Waals surface area contributed by atoms with Gasteiger partial charge in [-0.05, 0) is 24.8 Å². The van der Waals surface area contributed by atoms with Gasteiger partial charge in [0.15, 0.2) is 5.96 Å². The van der Waals surface area contributed by atoms with Crippen LogP contribution in [0.5, 0.6) is 0 Å². The summed E-state index contributed by atoms with van der Waals surface area (Å²) >= 11 is 0. The lowest BCUT2D eigenvalue weighted by atomic mass is 10.1. The minimum Gasteiger partial charge on any atom is -0.357 e. The zero-order valence-corrected chi connectivity index (χ0v) is 17.4. The first-order chi connectivity index (χ1) is 11.0. The number of aliphatic imine (C=N–C) groups is 1. The van der Waals surface area contributed by atoms with Gasteiger partial charge in [-0.1, -0.05) is 30.3 Å². The fourth-order valence-electron chi connectivity index (χ4n) is 2.60. The summed E-state index contributed by atoms with van der Waals surface area (Å²) in [4.78, 5) is 4.58. The molecule has 2 N–H and O–H groups in total. The highest BCUT2D eigenvalue weighted by Gasteiger charge is 2.28. The van der Waals surface area contributed by atoms with E-state index in [1.165, 1.54) is 6.26 Å². The topological polar surface area (TPSA) is 73.8 Å². The van der Waals surface area contributed by atoms with Crippen molar-refractivity contribution in [2.75, 3.05) is 32.4 Å². The van der Waals surface area contributed by atoms with Crippen LogP contribution in [0.2, 0.25) is 0 Å². The lowest BCUT2D eigenvalue weighted by Crippen LogP contribution is -2.40. The van der Waals surface area contributed by atoms with Gasteiger partial charge in [-0.3, -0.25) is 0 Å². The molecule has 1 atom stereocenters. The van der Waals surface area contributed by atoms with Gasteiger partial charge in [-0.25, -0.2) is 17.7 Å². The van der Waals surface area contributed by atoms with Gasteiger partial charge < -0.3 is 10.6 Å². The largest absolute Gasteiger partial charge is 0.357 e. The van der Waals surface area contributed by atoms with E-state index in [2.05, 4.69) is 15.6 Å². The second-order valence-corrected chi connectivity index (χ2v) is 7.82. The van der Waals surface area contributed by atoms with E-state index in [0.29, 0.717) is 25.6 Å². The Bertz CT molecular complexity index is 622. The van der Waals surface area contributed by atoms with Crippen molar-refractivity contribution in [3.63, 3.8) is 0 Å². The molecule has 6 nitrogen and oxygen atoms in total. The second kappa shape index (κ2) is 10.2. The molecule has 2 rings (SSSR count). The summed E-state index contributed by atoms with van der Waals surface area (Å²) in [5, 5.41) is 6.55. The van der Waals surface area contributed by atoms with Gasteiger partial charge in [0.25, 0.3) is 0 Å². The van der Waals surface area contributed by atoms with Gasteiger partial charge in [0.1, 0.15) is 0 Å². The maximum Gasteiger partial charge on any atom is 0.211 e. The molecule has 1 saturated heterocycles. The Morgan fingerprint density at radius 3 is 2.58 bits per heavy atom. The van der Waals surface area contributed by atoms with Crippen molar-refractivity contribution in [3.8, 4) is 0 Å². The maximum atomic E-state index is 11.5. The number of sulfonamides is 1. The van der Waals surface area contributed by atoms with Crippen molar-refractivity contribution in [2.24, 2.45) is 10.9 Å². The van der Waals surface area contributed by atoms with Crippen molar-refractivity contribution in [1.29, 1.82) is 0 Å². The molecule has 1 aromatic carbocycles. The van der Waals surface area contributed by atoms with Crippen LogP contribution >= 0.6 is 24.0 Å². The first-order valence-corrected chi connectivity index (χ1v) is 9.85. The normalized spacial score (nSPS) is 18.9. The molecule has 1 heterocycles. The average Bonchev–Trinajstić information content (AvgIpc) is 3.00. The van der Waals surface area contributed by atoms with Gasteiger partial charge in [-0.15, -0.1) is 24.0 Å². The number of nitrogens with zero attached hydrogens (tertiary/aromatic N) is 2. The molecule has 0 saturated carbocycles. The average molecular weight is 466 g/mol. The number of halogens is 1. The predicted molar refractivity (Wildman–Crippen MR) is 109 cm³/mol. The van der Waals surface area contributed by atoms with E-state index in [4.69, 9.17) is 0 Å². The van der Waals surface area contributed by atoms with Crippen molar-refractivity contribution < 1.29 is 8.42 Å². The Hall–Kier alpha value is -0.870. The molecular weight excluding hydrogens is 439 g/mol. The number of nitrogens with one attached hydrogen (secondary N) is 2. The fraction of sp³-hybridized carbons (Fsp3) is 0.562. The van der Waals surface area contributed by atoms with Crippen LogP contribution in [0.15, 0.2) is 35.3 Å². The number of guanidine groups is 1. The molecule has 136 valence electrons. The summed E-state index contributed by atoms with van der Waals surface area (Å²) in [6.45, 7) is 5.37. The number of rotatable bonds is 6. The van der Waals surface area contributed by atoms with Crippen molar-refractivity contribution in [2.45, 2.75) is 19.9 Å². The Labute approximate surface area is 162 Å². The molecule has 0 aliphatic carbocycles. The zero-order chi connectivity index (χ0) is 16.7. The van der Waals surface area contributed by atoms with Crippen LogP contribution in [0.3, 0.4) is 0 Å². The maximum absolute atomic E-state index is 11.5. The van der Waals surface area contributed by atoms with E-state index in [0.717, 1.165) is 31.0 Å². The minimum absolute atomic E-state index is 0. The van der Waals surface area contributed by atoms with E-state index in [9.17, 15) is 8.42 Å². The van der Waals surface area contributed by atoms with E-state index in [1.807, 2.05) is 37.3 Å². The lowest BCUT2D eigenvalue weighted by molar-refractivity contribution is 0.459. The van der Waals surface area contributed by atoms with E-state index >= 15 is 0 Å². The van der Waals surface area contributed by atoms with Crippen molar-refractivity contribution in [3.05, 3.63) is 35.9 Å². The van der Waals surface area contributed by atoms with Gasteiger partial charge >= 0.3 is 0 Å². The van der Waals surface area contributed by atoms with Crippen LogP contribution in [-0.2, 0) is 16.6 Å². The molecule has 1 aliphatic rings. The molecular formula is C16H27IN4O2S. The van der Waals surface area contributed by atoms with Crippen LogP contribution in [0.1, 0.15) is 18.9 Å². The van der Waals surface area contributed by atoms with Gasteiger partial charge in [0.2, 0.25) is 10.0 Å². The number of hydrogen-bond donors (Lipinski definition) is 2. The Kier molecular flexibility index (Phi) is 8.99. The zero-order valence-electron chi connectivity index (χ0n) is 14.2. The quantitative estimate of drug-likeness (QED) is 0.380. The molecule has 1 aliphatic heterocycles. The summed E-state index contributed by atoms with van der Waals surface area (Å²) in [6, 6.07) is 10.1. The highest BCUT2D eigenvalue weighted by molar-refractivity contribution is 14.0. The van der Waals surface area contributed by atoms with E-state index in [1.54, 1.807) is 4.31 Å². The van der Waals surface area contributed by atoms with Gasteiger partial charge in [-0.2, -0.15) is 0 Å². The predicted octanol–water partition coefficient (Wildman–Crippen LogP) is 1.64. The van der Waals surface area contributed by atoms with E-state index < -0.39 is 10.0 Å². The number of hydrogen-bond acceptors (Lipinski definition) is 3. The third kappa shape index (κ3) is 6.94. The summed E-state index contributed by atoms with van der Waals surface area (Å²) in [5.41, 5.74) is 1.16. The highest BCUT2D eigenvalue weighted by Crippen LogP contribution is 2.17. The Morgan fingerprint density at radius 2 is 2.00 bits per heavy atom. The molecule has 1 unspecified atom stereocenters. The second-order valence-electron chi connectivity index (χ2n) is 5.84. The lowest BCUT2D eigenvalue weighted by Gasteiger charge is -2.16. The number of benzene rings is 1. The van der Waals surface area contributed by atoms with Crippen LogP contribution in [-0.4, -0.2) is 51.1 Å².